The summed E-state index contributed by atoms with van der Waals surface area (Å²) in [6, 6.07) is 0. The first-order valence-corrected chi connectivity index (χ1v) is 10.5. The lowest BCUT2D eigenvalue weighted by atomic mass is 9.56. The van der Waals surface area contributed by atoms with Gasteiger partial charge in [0.15, 0.2) is 0 Å². The minimum absolute atomic E-state index is 0.126. The molecule has 0 radical (unpaired) electrons. The van der Waals surface area contributed by atoms with Crippen LogP contribution in [0.3, 0.4) is 0 Å². The van der Waals surface area contributed by atoms with E-state index in [4.69, 9.17) is 0 Å². The molecule has 0 saturated heterocycles. The highest BCUT2D eigenvalue weighted by molar-refractivity contribution is 4.95. The summed E-state index contributed by atoms with van der Waals surface area (Å²) >= 11 is 0. The normalized spacial score (nSPS) is 48.9. The summed E-state index contributed by atoms with van der Waals surface area (Å²) in [5, 5.41) is 30.9. The van der Waals surface area contributed by atoms with E-state index in [1.165, 1.54) is 19.3 Å². The van der Waals surface area contributed by atoms with Gasteiger partial charge in [0.05, 0.1) is 18.3 Å². The Kier molecular flexibility index (Phi) is 6.26. The minimum Gasteiger partial charge on any atom is -0.393 e. The summed E-state index contributed by atoms with van der Waals surface area (Å²) in [7, 11) is 0. The Morgan fingerprint density at radius 1 is 0.625 bits per heavy atom. The Bertz CT molecular complexity index is 373. The molecule has 8 atom stereocenters. The standard InChI is InChI=1S/C21H38O3/c1-13-11-15(22)7-9-17(13)21(19-5-3-4-6-20(19)24)18-10-8-16(23)12-14(18)2/h13-24H,3-12H2,1-2H3. The van der Waals surface area contributed by atoms with E-state index < -0.39 is 0 Å². The van der Waals surface area contributed by atoms with E-state index in [1.54, 1.807) is 0 Å². The summed E-state index contributed by atoms with van der Waals surface area (Å²) in [6.45, 7) is 4.63. The van der Waals surface area contributed by atoms with Crippen LogP contribution >= 0.6 is 0 Å². The van der Waals surface area contributed by atoms with Gasteiger partial charge in [-0.1, -0.05) is 26.7 Å². The third kappa shape index (κ3) is 3.99. The van der Waals surface area contributed by atoms with Crippen LogP contribution in [0.25, 0.3) is 0 Å². The van der Waals surface area contributed by atoms with Crippen LogP contribution in [0, 0.1) is 35.5 Å². The van der Waals surface area contributed by atoms with Crippen LogP contribution in [0.2, 0.25) is 0 Å². The summed E-state index contributed by atoms with van der Waals surface area (Å²) < 4.78 is 0. The third-order valence-electron chi connectivity index (χ3n) is 7.68. The summed E-state index contributed by atoms with van der Waals surface area (Å²) in [4.78, 5) is 0. The van der Waals surface area contributed by atoms with E-state index in [9.17, 15) is 15.3 Å². The lowest BCUT2D eigenvalue weighted by Gasteiger charge is -2.50. The van der Waals surface area contributed by atoms with E-state index in [-0.39, 0.29) is 18.3 Å². The van der Waals surface area contributed by atoms with Crippen LogP contribution < -0.4 is 0 Å². The van der Waals surface area contributed by atoms with Crippen molar-refractivity contribution in [2.24, 2.45) is 35.5 Å². The summed E-state index contributed by atoms with van der Waals surface area (Å²) in [5.74, 6) is 3.37. The second-order valence-corrected chi connectivity index (χ2v) is 9.31. The van der Waals surface area contributed by atoms with Gasteiger partial charge in [-0.15, -0.1) is 0 Å². The van der Waals surface area contributed by atoms with Crippen molar-refractivity contribution in [2.45, 2.75) is 96.4 Å². The van der Waals surface area contributed by atoms with Crippen LogP contribution in [0.5, 0.6) is 0 Å². The molecule has 140 valence electrons. The molecular weight excluding hydrogens is 300 g/mol. The maximum Gasteiger partial charge on any atom is 0.0571 e. The number of hydrogen-bond acceptors (Lipinski definition) is 3. The van der Waals surface area contributed by atoms with Crippen LogP contribution in [0.1, 0.15) is 78.1 Å². The zero-order chi connectivity index (χ0) is 17.3. The van der Waals surface area contributed by atoms with Gasteiger partial charge in [-0.05, 0) is 86.9 Å². The van der Waals surface area contributed by atoms with Crippen molar-refractivity contribution in [3.63, 3.8) is 0 Å². The van der Waals surface area contributed by atoms with Crippen LogP contribution in [0.15, 0.2) is 0 Å². The van der Waals surface area contributed by atoms with Gasteiger partial charge in [0.25, 0.3) is 0 Å². The van der Waals surface area contributed by atoms with Crippen molar-refractivity contribution < 1.29 is 15.3 Å². The van der Waals surface area contributed by atoms with Crippen LogP contribution in [0.4, 0.5) is 0 Å². The van der Waals surface area contributed by atoms with Gasteiger partial charge in [-0.2, -0.15) is 0 Å². The molecule has 0 aromatic carbocycles. The lowest BCUT2D eigenvalue weighted by Crippen LogP contribution is -2.46. The second-order valence-electron chi connectivity index (χ2n) is 9.31. The molecule has 0 amide bonds. The third-order valence-corrected chi connectivity index (χ3v) is 7.68. The lowest BCUT2D eigenvalue weighted by molar-refractivity contribution is -0.0662. The van der Waals surface area contributed by atoms with E-state index >= 15 is 0 Å². The fourth-order valence-corrected chi connectivity index (χ4v) is 6.47. The molecule has 3 N–H and O–H groups in total. The van der Waals surface area contributed by atoms with E-state index in [0.717, 1.165) is 44.9 Å². The molecule has 3 rings (SSSR count). The first-order valence-electron chi connectivity index (χ1n) is 10.5. The van der Waals surface area contributed by atoms with Crippen molar-refractivity contribution in [1.29, 1.82) is 0 Å². The highest BCUT2D eigenvalue weighted by Gasteiger charge is 2.45. The zero-order valence-electron chi connectivity index (χ0n) is 15.6. The number of aliphatic hydroxyl groups is 3. The maximum atomic E-state index is 10.8. The van der Waals surface area contributed by atoms with Crippen LogP contribution in [-0.2, 0) is 0 Å². The Morgan fingerprint density at radius 3 is 1.58 bits per heavy atom. The topological polar surface area (TPSA) is 60.7 Å². The first-order chi connectivity index (χ1) is 11.5. The smallest absolute Gasteiger partial charge is 0.0571 e. The highest BCUT2D eigenvalue weighted by atomic mass is 16.3. The molecule has 8 unspecified atom stereocenters. The molecule has 0 aromatic heterocycles. The van der Waals surface area contributed by atoms with Crippen molar-refractivity contribution in [3.8, 4) is 0 Å². The highest BCUT2D eigenvalue weighted by Crippen LogP contribution is 2.50. The SMILES string of the molecule is CC1CC(O)CCC1C(C1CCC(O)CC1C)C1CCCCC1O. The molecule has 3 fully saturated rings. The predicted molar refractivity (Wildman–Crippen MR) is 96.5 cm³/mol. The number of rotatable bonds is 3. The molecular formula is C21H38O3. The first kappa shape index (κ1) is 18.7. The Balaban J connectivity index is 1.83. The van der Waals surface area contributed by atoms with Crippen molar-refractivity contribution >= 4 is 0 Å². The van der Waals surface area contributed by atoms with Gasteiger partial charge in [-0.25, -0.2) is 0 Å². The van der Waals surface area contributed by atoms with Gasteiger partial charge < -0.3 is 15.3 Å². The predicted octanol–water partition coefficient (Wildman–Crippen LogP) is 3.75. The molecule has 3 nitrogen and oxygen atoms in total. The Morgan fingerprint density at radius 2 is 1.12 bits per heavy atom. The molecule has 3 aliphatic carbocycles. The van der Waals surface area contributed by atoms with Gasteiger partial charge in [0, 0.05) is 0 Å². The molecule has 0 aromatic rings. The van der Waals surface area contributed by atoms with Gasteiger partial charge in [0.1, 0.15) is 0 Å². The summed E-state index contributed by atoms with van der Waals surface area (Å²) in [5.41, 5.74) is 0. The second kappa shape index (κ2) is 8.05. The fraction of sp³-hybridized carbons (Fsp3) is 1.00. The van der Waals surface area contributed by atoms with Gasteiger partial charge >= 0.3 is 0 Å². The Hall–Kier alpha value is -0.120. The average Bonchev–Trinajstić information content (AvgIpc) is 2.52. The van der Waals surface area contributed by atoms with E-state index in [0.29, 0.717) is 35.5 Å². The molecule has 24 heavy (non-hydrogen) atoms. The number of hydrogen-bond donors (Lipinski definition) is 3. The Labute approximate surface area is 147 Å². The van der Waals surface area contributed by atoms with Crippen molar-refractivity contribution in [1.82, 2.24) is 0 Å². The summed E-state index contributed by atoms with van der Waals surface area (Å²) in [6.07, 6.45) is 10.1. The average molecular weight is 339 g/mol. The maximum absolute atomic E-state index is 10.8. The molecule has 0 heterocycles. The van der Waals surface area contributed by atoms with Crippen molar-refractivity contribution in [3.05, 3.63) is 0 Å². The molecule has 0 aliphatic heterocycles. The minimum atomic E-state index is -0.137. The van der Waals surface area contributed by atoms with Gasteiger partial charge in [0.2, 0.25) is 0 Å². The fourth-order valence-electron chi connectivity index (χ4n) is 6.47. The van der Waals surface area contributed by atoms with E-state index in [2.05, 4.69) is 13.8 Å². The number of aliphatic hydroxyl groups excluding tert-OH is 3. The monoisotopic (exact) mass is 338 g/mol. The zero-order valence-corrected chi connectivity index (χ0v) is 15.6. The van der Waals surface area contributed by atoms with Gasteiger partial charge in [-0.3, -0.25) is 0 Å². The molecule has 0 spiro atoms. The van der Waals surface area contributed by atoms with E-state index in [1.807, 2.05) is 0 Å². The molecule has 3 heteroatoms. The molecule has 3 saturated carbocycles. The molecule has 3 aliphatic rings. The largest absolute Gasteiger partial charge is 0.393 e. The molecule has 0 bridgehead atoms. The van der Waals surface area contributed by atoms with Crippen molar-refractivity contribution in [2.75, 3.05) is 0 Å². The quantitative estimate of drug-likeness (QED) is 0.734. The van der Waals surface area contributed by atoms with Crippen LogP contribution in [-0.4, -0.2) is 33.6 Å².